The number of amides is 2. The Hall–Kier alpha value is -2.03. The molecule has 3 aromatic rings. The van der Waals surface area contributed by atoms with Gasteiger partial charge in [-0.3, -0.25) is 0 Å². The number of benzene rings is 3. The predicted molar refractivity (Wildman–Crippen MR) is 132 cm³/mol. The molecule has 2 amide bonds. The van der Waals surface area contributed by atoms with Gasteiger partial charge >= 0.3 is 192 Å². The molecule has 0 fully saturated rings. The summed E-state index contributed by atoms with van der Waals surface area (Å²) >= 11 is 20.9. The van der Waals surface area contributed by atoms with Crippen LogP contribution >= 0.6 is 40.4 Å². The second-order valence-corrected chi connectivity index (χ2v) is 13.9. The first kappa shape index (κ1) is 22.7. The van der Waals surface area contributed by atoms with Crippen molar-refractivity contribution < 1.29 is 4.79 Å². The Balaban J connectivity index is 2.53. The number of hydrogen-bond acceptors (Lipinski definition) is 1. The standard InChI is InChI=1S/C23H22Cl3N2OP/c1-28(2)23(29)27-22(21(24)25)30(26,18-12-6-3-7-13-18,19-14-8-4-9-15-19)20-16-10-5-11-17-20/h3-17H,1-2H3,(H,27,29). The molecule has 30 heavy (non-hydrogen) atoms. The maximum atomic E-state index is 12.8. The molecule has 156 valence electrons. The molecule has 1 N–H and O–H groups in total. The number of hydrogen-bond donors (Lipinski definition) is 1. The average Bonchev–Trinajstić information content (AvgIpc) is 2.78. The number of carbonyl (C=O) groups excluding carboxylic acids is 1. The average molecular weight is 480 g/mol. The molecule has 0 aliphatic rings. The molecule has 7 heteroatoms. The van der Waals surface area contributed by atoms with Crippen molar-refractivity contribution in [2.75, 3.05) is 14.1 Å². The second-order valence-electron chi connectivity index (χ2n) is 6.95. The third kappa shape index (κ3) is 3.72. The normalized spacial score (nSPS) is 12.4. The molecule has 0 aliphatic carbocycles. The third-order valence-corrected chi connectivity index (χ3v) is 12.8. The summed E-state index contributed by atoms with van der Waals surface area (Å²) in [4.78, 5) is 14.2. The molecular weight excluding hydrogens is 458 g/mol. The molecule has 0 radical (unpaired) electrons. The van der Waals surface area contributed by atoms with Crippen molar-refractivity contribution in [1.29, 1.82) is 0 Å². The van der Waals surface area contributed by atoms with Crippen molar-refractivity contribution in [2.24, 2.45) is 0 Å². The van der Waals surface area contributed by atoms with Gasteiger partial charge in [0.1, 0.15) is 0 Å². The molecule has 0 saturated heterocycles. The van der Waals surface area contributed by atoms with Crippen LogP contribution in [0.25, 0.3) is 0 Å². The fraction of sp³-hybridized carbons (Fsp3) is 0.0870. The van der Waals surface area contributed by atoms with E-state index in [2.05, 4.69) is 5.32 Å². The molecule has 3 aromatic carbocycles. The van der Waals surface area contributed by atoms with E-state index in [0.29, 0.717) is 0 Å². The Morgan fingerprint density at radius 1 is 0.733 bits per heavy atom. The number of rotatable bonds is 5. The van der Waals surface area contributed by atoms with E-state index in [1.54, 1.807) is 14.1 Å². The maximum absolute atomic E-state index is 12.8. The zero-order valence-electron chi connectivity index (χ0n) is 16.6. The van der Waals surface area contributed by atoms with Crippen molar-refractivity contribution in [3.63, 3.8) is 0 Å². The molecule has 0 bridgehead atoms. The molecule has 0 atom stereocenters. The van der Waals surface area contributed by atoms with Crippen molar-refractivity contribution in [3.05, 3.63) is 101 Å². The minimum atomic E-state index is -4.02. The van der Waals surface area contributed by atoms with Gasteiger partial charge in [0.05, 0.1) is 0 Å². The van der Waals surface area contributed by atoms with E-state index < -0.39 is 5.96 Å². The first-order valence-electron chi connectivity index (χ1n) is 9.25. The molecule has 0 heterocycles. The van der Waals surface area contributed by atoms with E-state index in [1.807, 2.05) is 91.0 Å². The van der Waals surface area contributed by atoms with E-state index in [0.717, 1.165) is 15.9 Å². The van der Waals surface area contributed by atoms with Crippen LogP contribution in [0.1, 0.15) is 0 Å². The van der Waals surface area contributed by atoms with Crippen LogP contribution in [-0.2, 0) is 0 Å². The summed E-state index contributed by atoms with van der Waals surface area (Å²) in [6, 6.07) is 28.6. The number of halogens is 3. The van der Waals surface area contributed by atoms with Crippen LogP contribution in [0.5, 0.6) is 0 Å². The molecular formula is C23H22Cl3N2OP. The zero-order chi connectivity index (χ0) is 21.8. The van der Waals surface area contributed by atoms with Crippen LogP contribution in [0.4, 0.5) is 4.79 Å². The van der Waals surface area contributed by atoms with E-state index in [-0.39, 0.29) is 16.0 Å². The van der Waals surface area contributed by atoms with Crippen LogP contribution < -0.4 is 21.2 Å². The van der Waals surface area contributed by atoms with Crippen LogP contribution in [0, 0.1) is 0 Å². The Kier molecular flexibility index (Phi) is 6.79. The van der Waals surface area contributed by atoms with Crippen LogP contribution in [0.2, 0.25) is 0 Å². The van der Waals surface area contributed by atoms with Gasteiger partial charge in [-0.2, -0.15) is 0 Å². The molecule has 0 aliphatic heterocycles. The summed E-state index contributed by atoms with van der Waals surface area (Å²) in [7, 11) is 3.29. The Morgan fingerprint density at radius 3 is 1.33 bits per heavy atom. The SMILES string of the molecule is CN(C)C(=O)NC(=C(Cl)Cl)P(Cl)(c1ccccc1)(c1ccccc1)c1ccccc1. The Morgan fingerprint density at radius 2 is 1.07 bits per heavy atom. The topological polar surface area (TPSA) is 32.3 Å². The third-order valence-electron chi connectivity index (χ3n) is 4.95. The van der Waals surface area contributed by atoms with Crippen LogP contribution in [-0.4, -0.2) is 25.0 Å². The van der Waals surface area contributed by atoms with E-state index >= 15 is 0 Å². The summed E-state index contributed by atoms with van der Waals surface area (Å²) in [6.07, 6.45) is 0. The number of nitrogens with zero attached hydrogens (tertiary/aromatic N) is 1. The first-order valence-corrected chi connectivity index (χ1v) is 13.1. The van der Waals surface area contributed by atoms with Gasteiger partial charge < -0.3 is 0 Å². The Labute approximate surface area is 192 Å². The van der Waals surface area contributed by atoms with Gasteiger partial charge in [-0.1, -0.05) is 0 Å². The van der Waals surface area contributed by atoms with Crippen molar-refractivity contribution in [3.8, 4) is 0 Å². The van der Waals surface area contributed by atoms with Gasteiger partial charge in [0.25, 0.3) is 0 Å². The van der Waals surface area contributed by atoms with E-state index in [9.17, 15) is 4.79 Å². The van der Waals surface area contributed by atoms with Gasteiger partial charge in [0.2, 0.25) is 0 Å². The van der Waals surface area contributed by atoms with E-state index in [1.165, 1.54) is 4.90 Å². The van der Waals surface area contributed by atoms with Gasteiger partial charge in [0, 0.05) is 0 Å². The van der Waals surface area contributed by atoms with Crippen molar-refractivity contribution in [1.82, 2.24) is 10.2 Å². The monoisotopic (exact) mass is 478 g/mol. The van der Waals surface area contributed by atoms with Gasteiger partial charge in [0.15, 0.2) is 0 Å². The van der Waals surface area contributed by atoms with Gasteiger partial charge in [-0.25, -0.2) is 0 Å². The second kappa shape index (κ2) is 8.99. The molecule has 0 saturated carbocycles. The predicted octanol–water partition coefficient (Wildman–Crippen LogP) is 5.55. The number of nitrogens with one attached hydrogen (secondary N) is 1. The fourth-order valence-electron chi connectivity index (χ4n) is 3.48. The van der Waals surface area contributed by atoms with Crippen molar-refractivity contribution >= 4 is 62.3 Å². The first-order chi connectivity index (χ1) is 14.3. The van der Waals surface area contributed by atoms with E-state index in [4.69, 9.17) is 34.4 Å². The molecule has 3 nitrogen and oxygen atoms in total. The zero-order valence-corrected chi connectivity index (χ0v) is 19.8. The molecule has 3 rings (SSSR count). The molecule has 0 unspecified atom stereocenters. The van der Waals surface area contributed by atoms with Gasteiger partial charge in [-0.15, -0.1) is 0 Å². The summed E-state index contributed by atoms with van der Waals surface area (Å²) in [5.41, 5.74) is 0.285. The van der Waals surface area contributed by atoms with Gasteiger partial charge in [-0.05, 0) is 0 Å². The quantitative estimate of drug-likeness (QED) is 0.479. The summed E-state index contributed by atoms with van der Waals surface area (Å²) in [5.74, 6) is -4.02. The number of carbonyl (C=O) groups is 1. The summed E-state index contributed by atoms with van der Waals surface area (Å²) in [6.45, 7) is 0. The molecule has 0 spiro atoms. The fourth-order valence-corrected chi connectivity index (χ4v) is 10.7. The Bertz CT molecular complexity index is 954. The number of urea groups is 1. The molecule has 0 aromatic heterocycles. The van der Waals surface area contributed by atoms with Crippen LogP contribution in [0.3, 0.4) is 0 Å². The summed E-state index contributed by atoms with van der Waals surface area (Å²) < 4.78 is -0.0885. The minimum absolute atomic E-state index is 0.0885. The van der Waals surface area contributed by atoms with Crippen molar-refractivity contribution in [2.45, 2.75) is 0 Å². The van der Waals surface area contributed by atoms with Crippen LogP contribution in [0.15, 0.2) is 101 Å². The summed E-state index contributed by atoms with van der Waals surface area (Å²) in [5, 5.41) is 5.37.